The molecular formula is C18H13N3O3. The van der Waals surface area contributed by atoms with E-state index in [0.717, 1.165) is 10.5 Å². The Hall–Kier alpha value is -3.28. The second kappa shape index (κ2) is 5.13. The number of aromatic nitrogens is 2. The Bertz CT molecular complexity index is 1030. The first-order valence-electron chi connectivity index (χ1n) is 7.49. The zero-order valence-electron chi connectivity index (χ0n) is 12.9. The van der Waals surface area contributed by atoms with E-state index in [1.165, 1.54) is 10.5 Å². The van der Waals surface area contributed by atoms with Crippen LogP contribution < -0.4 is 5.56 Å². The van der Waals surface area contributed by atoms with Gasteiger partial charge in [-0.3, -0.25) is 23.7 Å². The van der Waals surface area contributed by atoms with Crippen LogP contribution in [0.15, 0.2) is 53.5 Å². The summed E-state index contributed by atoms with van der Waals surface area (Å²) in [5.74, 6) is -0.719. The predicted molar refractivity (Wildman–Crippen MR) is 86.8 cm³/mol. The molecule has 0 saturated heterocycles. The van der Waals surface area contributed by atoms with Crippen LogP contribution in [0.25, 0.3) is 5.65 Å². The maximum atomic E-state index is 12.4. The standard InChI is InChI=1S/C18H13N3O3/c1-11-6-7-15-19-12(8-16(22)20(15)9-11)10-21-17(23)13-4-2-3-5-14(13)18(21)24/h2-9H,10H2,1H3. The summed E-state index contributed by atoms with van der Waals surface area (Å²) in [6.07, 6.45) is 1.70. The molecule has 118 valence electrons. The van der Waals surface area contributed by atoms with E-state index in [1.807, 2.05) is 13.0 Å². The van der Waals surface area contributed by atoms with Crippen LogP contribution in [0.2, 0.25) is 0 Å². The van der Waals surface area contributed by atoms with Crippen molar-refractivity contribution in [2.45, 2.75) is 13.5 Å². The maximum absolute atomic E-state index is 12.4. The number of benzene rings is 1. The summed E-state index contributed by atoms with van der Waals surface area (Å²) in [5.41, 5.74) is 2.35. The van der Waals surface area contributed by atoms with E-state index in [-0.39, 0.29) is 23.9 Å². The van der Waals surface area contributed by atoms with Crippen LogP contribution >= 0.6 is 0 Å². The zero-order chi connectivity index (χ0) is 16.8. The van der Waals surface area contributed by atoms with Crippen molar-refractivity contribution >= 4 is 17.5 Å². The molecule has 0 spiro atoms. The normalized spacial score (nSPS) is 13.6. The van der Waals surface area contributed by atoms with Gasteiger partial charge in [0, 0.05) is 12.3 Å². The number of rotatable bonds is 2. The van der Waals surface area contributed by atoms with Gasteiger partial charge in [0.1, 0.15) is 5.65 Å². The molecule has 4 rings (SSSR count). The summed E-state index contributed by atoms with van der Waals surface area (Å²) in [6, 6.07) is 11.6. The van der Waals surface area contributed by atoms with Gasteiger partial charge in [-0.05, 0) is 30.7 Å². The fraction of sp³-hybridized carbons (Fsp3) is 0.111. The second-order valence-corrected chi connectivity index (χ2v) is 5.76. The molecule has 0 aliphatic carbocycles. The van der Waals surface area contributed by atoms with Crippen molar-refractivity contribution in [1.82, 2.24) is 14.3 Å². The number of carbonyl (C=O) groups is 2. The van der Waals surface area contributed by atoms with Gasteiger partial charge in [0.25, 0.3) is 17.4 Å². The zero-order valence-corrected chi connectivity index (χ0v) is 12.9. The first-order chi connectivity index (χ1) is 11.5. The largest absolute Gasteiger partial charge is 0.269 e. The van der Waals surface area contributed by atoms with Crippen molar-refractivity contribution in [2.75, 3.05) is 0 Å². The van der Waals surface area contributed by atoms with Crippen LogP contribution in [0, 0.1) is 6.92 Å². The maximum Gasteiger partial charge on any atom is 0.261 e. The SMILES string of the molecule is Cc1ccc2nc(CN3C(=O)c4ccccc4C3=O)cc(=O)n2c1. The molecule has 3 heterocycles. The minimum absolute atomic E-state index is 0.0219. The van der Waals surface area contributed by atoms with Gasteiger partial charge in [0.05, 0.1) is 23.4 Å². The summed E-state index contributed by atoms with van der Waals surface area (Å²) >= 11 is 0. The van der Waals surface area contributed by atoms with Crippen LogP contribution in [0.3, 0.4) is 0 Å². The molecule has 2 amide bonds. The van der Waals surface area contributed by atoms with Crippen LogP contribution in [0.5, 0.6) is 0 Å². The van der Waals surface area contributed by atoms with Crippen molar-refractivity contribution in [3.8, 4) is 0 Å². The lowest BCUT2D eigenvalue weighted by molar-refractivity contribution is 0.0640. The van der Waals surface area contributed by atoms with Crippen molar-refractivity contribution in [3.63, 3.8) is 0 Å². The lowest BCUT2D eigenvalue weighted by atomic mass is 10.1. The van der Waals surface area contributed by atoms with Gasteiger partial charge < -0.3 is 0 Å². The summed E-state index contributed by atoms with van der Waals surface area (Å²) in [6.45, 7) is 1.87. The molecule has 0 N–H and O–H groups in total. The molecule has 0 saturated carbocycles. The van der Waals surface area contributed by atoms with E-state index in [1.54, 1.807) is 36.5 Å². The fourth-order valence-corrected chi connectivity index (χ4v) is 2.88. The first-order valence-corrected chi connectivity index (χ1v) is 7.49. The molecular weight excluding hydrogens is 306 g/mol. The first kappa shape index (κ1) is 14.3. The smallest absolute Gasteiger partial charge is 0.261 e. The highest BCUT2D eigenvalue weighted by molar-refractivity contribution is 6.21. The fourth-order valence-electron chi connectivity index (χ4n) is 2.88. The van der Waals surface area contributed by atoms with E-state index < -0.39 is 0 Å². The van der Waals surface area contributed by atoms with Gasteiger partial charge in [0.15, 0.2) is 0 Å². The average Bonchev–Trinajstić information content (AvgIpc) is 2.81. The molecule has 0 radical (unpaired) electrons. The number of nitrogens with zero attached hydrogens (tertiary/aromatic N) is 3. The molecule has 0 bridgehead atoms. The average molecular weight is 319 g/mol. The number of amides is 2. The molecule has 1 aromatic carbocycles. The molecule has 6 nitrogen and oxygen atoms in total. The van der Waals surface area contributed by atoms with E-state index in [9.17, 15) is 14.4 Å². The van der Waals surface area contributed by atoms with E-state index in [2.05, 4.69) is 4.98 Å². The molecule has 0 fully saturated rings. The van der Waals surface area contributed by atoms with Gasteiger partial charge in [-0.15, -0.1) is 0 Å². The number of carbonyl (C=O) groups excluding carboxylic acids is 2. The number of hydrogen-bond donors (Lipinski definition) is 0. The molecule has 6 heteroatoms. The van der Waals surface area contributed by atoms with Gasteiger partial charge in [-0.25, -0.2) is 4.98 Å². The third-order valence-electron chi connectivity index (χ3n) is 4.06. The molecule has 0 atom stereocenters. The number of hydrogen-bond acceptors (Lipinski definition) is 4. The van der Waals surface area contributed by atoms with Crippen molar-refractivity contribution < 1.29 is 9.59 Å². The van der Waals surface area contributed by atoms with Gasteiger partial charge in [0.2, 0.25) is 0 Å². The topological polar surface area (TPSA) is 71.8 Å². The van der Waals surface area contributed by atoms with Gasteiger partial charge in [-0.2, -0.15) is 0 Å². The highest BCUT2D eigenvalue weighted by Gasteiger charge is 2.35. The summed E-state index contributed by atoms with van der Waals surface area (Å²) in [4.78, 5) is 42.6. The Morgan fingerprint density at radius 1 is 0.958 bits per heavy atom. The van der Waals surface area contributed by atoms with Crippen LogP contribution in [-0.4, -0.2) is 26.1 Å². The second-order valence-electron chi connectivity index (χ2n) is 5.76. The minimum atomic E-state index is -0.360. The monoisotopic (exact) mass is 319 g/mol. The lowest BCUT2D eigenvalue weighted by Crippen LogP contribution is -2.30. The van der Waals surface area contributed by atoms with Gasteiger partial charge >= 0.3 is 0 Å². The lowest BCUT2D eigenvalue weighted by Gasteiger charge is -2.13. The number of pyridine rings is 1. The molecule has 24 heavy (non-hydrogen) atoms. The van der Waals surface area contributed by atoms with Crippen LogP contribution in [-0.2, 0) is 6.54 Å². The Morgan fingerprint density at radius 2 is 1.62 bits per heavy atom. The Morgan fingerprint density at radius 3 is 2.29 bits per heavy atom. The Labute approximate surface area is 137 Å². The molecule has 3 aromatic rings. The molecule has 1 aliphatic rings. The van der Waals surface area contributed by atoms with Crippen molar-refractivity contribution in [1.29, 1.82) is 0 Å². The Kier molecular flexibility index (Phi) is 3.06. The molecule has 1 aliphatic heterocycles. The minimum Gasteiger partial charge on any atom is -0.269 e. The van der Waals surface area contributed by atoms with Crippen LogP contribution in [0.4, 0.5) is 0 Å². The molecule has 2 aromatic heterocycles. The number of fused-ring (bicyclic) bond motifs is 2. The van der Waals surface area contributed by atoms with E-state index in [0.29, 0.717) is 22.5 Å². The van der Waals surface area contributed by atoms with Crippen molar-refractivity contribution in [3.05, 3.63) is 81.4 Å². The van der Waals surface area contributed by atoms with Gasteiger partial charge in [-0.1, -0.05) is 18.2 Å². The highest BCUT2D eigenvalue weighted by atomic mass is 16.2. The quantitative estimate of drug-likeness (QED) is 0.675. The Balaban J connectivity index is 1.73. The predicted octanol–water partition coefficient (Wildman–Crippen LogP) is 1.80. The van der Waals surface area contributed by atoms with Crippen LogP contribution in [0.1, 0.15) is 32.0 Å². The number of aryl methyl sites for hydroxylation is 1. The summed E-state index contributed by atoms with van der Waals surface area (Å²) in [7, 11) is 0. The van der Waals surface area contributed by atoms with E-state index >= 15 is 0 Å². The van der Waals surface area contributed by atoms with Crippen molar-refractivity contribution in [2.24, 2.45) is 0 Å². The third kappa shape index (κ3) is 2.11. The summed E-state index contributed by atoms with van der Waals surface area (Å²) < 4.78 is 1.45. The van der Waals surface area contributed by atoms with E-state index in [4.69, 9.17) is 0 Å². The summed E-state index contributed by atoms with van der Waals surface area (Å²) in [5, 5.41) is 0. The third-order valence-corrected chi connectivity index (χ3v) is 4.06. The number of imide groups is 1. The highest BCUT2D eigenvalue weighted by Crippen LogP contribution is 2.23. The molecule has 0 unspecified atom stereocenters.